The maximum Gasteiger partial charge on any atom is 0.172 e. The smallest absolute Gasteiger partial charge is 0.172 e. The van der Waals surface area contributed by atoms with Crippen LogP contribution in [0.5, 0.6) is 0 Å². The lowest BCUT2D eigenvalue weighted by Gasteiger charge is -2.02. The third kappa shape index (κ3) is 1.91. The summed E-state index contributed by atoms with van der Waals surface area (Å²) < 4.78 is 1.66. The Morgan fingerprint density at radius 1 is 1.31 bits per heavy atom. The van der Waals surface area contributed by atoms with Crippen LogP contribution in [-0.2, 0) is 6.54 Å². The third-order valence-corrected chi connectivity index (χ3v) is 2.28. The fourth-order valence-corrected chi connectivity index (χ4v) is 1.50. The predicted octanol–water partition coefficient (Wildman–Crippen LogP) is 1.78. The number of benzene rings is 1. The highest BCUT2D eigenvalue weighted by atomic mass is 16.1. The van der Waals surface area contributed by atoms with Gasteiger partial charge in [0.1, 0.15) is 0 Å². The average molecular weight is 213 g/mol. The highest BCUT2D eigenvalue weighted by molar-refractivity contribution is 5.77. The molecule has 4 heteroatoms. The zero-order valence-corrected chi connectivity index (χ0v) is 8.71. The van der Waals surface area contributed by atoms with E-state index in [9.17, 15) is 4.79 Å². The van der Waals surface area contributed by atoms with Gasteiger partial charge in [-0.25, -0.2) is 4.68 Å². The summed E-state index contributed by atoms with van der Waals surface area (Å²) in [5, 5.41) is 7.69. The Morgan fingerprint density at radius 3 is 2.69 bits per heavy atom. The van der Waals surface area contributed by atoms with Crippen LogP contribution in [-0.4, -0.2) is 21.3 Å². The van der Waals surface area contributed by atoms with Gasteiger partial charge in [0.05, 0.1) is 12.2 Å². The number of nitrogens with zero attached hydrogens (tertiary/aromatic N) is 3. The van der Waals surface area contributed by atoms with Crippen LogP contribution in [0.1, 0.15) is 21.7 Å². The van der Waals surface area contributed by atoms with Gasteiger partial charge in [-0.05, 0) is 11.6 Å². The average Bonchev–Trinajstić information content (AvgIpc) is 2.72. The van der Waals surface area contributed by atoms with Crippen LogP contribution in [0.15, 0.2) is 36.9 Å². The van der Waals surface area contributed by atoms with Gasteiger partial charge in [-0.3, -0.25) is 4.79 Å². The standard InChI is InChI=1S/C12H11N3O/c1-2-12-11(9-16)13-14-15(12)8-10-6-4-3-5-7-10/h2-7,9H,1,8H2. The third-order valence-electron chi connectivity index (χ3n) is 2.28. The summed E-state index contributed by atoms with van der Waals surface area (Å²) in [5.41, 5.74) is 2.08. The Balaban J connectivity index is 2.32. The molecule has 2 rings (SSSR count). The van der Waals surface area contributed by atoms with Crippen molar-refractivity contribution in [1.82, 2.24) is 15.0 Å². The van der Waals surface area contributed by atoms with Crippen molar-refractivity contribution in [3.05, 3.63) is 53.9 Å². The van der Waals surface area contributed by atoms with E-state index < -0.39 is 0 Å². The number of carbonyl (C=O) groups excluding carboxylic acids is 1. The quantitative estimate of drug-likeness (QED) is 0.727. The second-order valence-electron chi connectivity index (χ2n) is 3.33. The maximum atomic E-state index is 10.7. The molecule has 0 radical (unpaired) electrons. The van der Waals surface area contributed by atoms with Crippen molar-refractivity contribution in [1.29, 1.82) is 0 Å². The zero-order chi connectivity index (χ0) is 11.4. The zero-order valence-electron chi connectivity index (χ0n) is 8.71. The second-order valence-corrected chi connectivity index (χ2v) is 3.33. The summed E-state index contributed by atoms with van der Waals surface area (Å²) in [7, 11) is 0. The van der Waals surface area contributed by atoms with Gasteiger partial charge in [-0.2, -0.15) is 0 Å². The molecule has 0 aliphatic heterocycles. The lowest BCUT2D eigenvalue weighted by Crippen LogP contribution is -2.04. The minimum Gasteiger partial charge on any atom is -0.296 e. The Kier molecular flexibility index (Phi) is 2.91. The molecule has 16 heavy (non-hydrogen) atoms. The maximum absolute atomic E-state index is 10.7. The number of aldehydes is 1. The summed E-state index contributed by atoms with van der Waals surface area (Å²) in [6, 6.07) is 9.86. The molecule has 0 fully saturated rings. The Labute approximate surface area is 93.2 Å². The van der Waals surface area contributed by atoms with Crippen LogP contribution in [0.3, 0.4) is 0 Å². The second kappa shape index (κ2) is 4.53. The first-order valence-corrected chi connectivity index (χ1v) is 4.90. The minimum atomic E-state index is 0.325. The van der Waals surface area contributed by atoms with Gasteiger partial charge in [0.25, 0.3) is 0 Å². The van der Waals surface area contributed by atoms with Gasteiger partial charge in [0.15, 0.2) is 12.0 Å². The van der Waals surface area contributed by atoms with Gasteiger partial charge >= 0.3 is 0 Å². The normalized spacial score (nSPS) is 10.0. The van der Waals surface area contributed by atoms with E-state index in [2.05, 4.69) is 16.9 Å². The van der Waals surface area contributed by atoms with E-state index in [4.69, 9.17) is 0 Å². The van der Waals surface area contributed by atoms with Crippen molar-refractivity contribution in [3.63, 3.8) is 0 Å². The number of hydrogen-bond donors (Lipinski definition) is 0. The van der Waals surface area contributed by atoms with Gasteiger partial charge in [0, 0.05) is 0 Å². The lowest BCUT2D eigenvalue weighted by atomic mass is 10.2. The molecule has 0 atom stereocenters. The topological polar surface area (TPSA) is 47.8 Å². The van der Waals surface area contributed by atoms with Crippen molar-refractivity contribution in [3.8, 4) is 0 Å². The molecule has 0 aliphatic carbocycles. The summed E-state index contributed by atoms with van der Waals surface area (Å²) >= 11 is 0. The molecule has 0 amide bonds. The Bertz CT molecular complexity index is 502. The molecule has 0 spiro atoms. The summed E-state index contributed by atoms with van der Waals surface area (Å²) in [6.45, 7) is 4.24. The highest BCUT2D eigenvalue weighted by Gasteiger charge is 2.08. The molecule has 0 aliphatic rings. The number of hydrogen-bond acceptors (Lipinski definition) is 3. The van der Waals surface area contributed by atoms with Crippen LogP contribution >= 0.6 is 0 Å². The minimum absolute atomic E-state index is 0.325. The van der Waals surface area contributed by atoms with E-state index >= 15 is 0 Å². The molecule has 0 saturated heterocycles. The molecule has 0 saturated carbocycles. The van der Waals surface area contributed by atoms with Crippen LogP contribution < -0.4 is 0 Å². The van der Waals surface area contributed by atoms with Crippen LogP contribution in [0.25, 0.3) is 6.08 Å². The lowest BCUT2D eigenvalue weighted by molar-refractivity contribution is 0.111. The molecule has 80 valence electrons. The molecule has 0 bridgehead atoms. The summed E-state index contributed by atoms with van der Waals surface area (Å²) in [4.78, 5) is 10.7. The van der Waals surface area contributed by atoms with E-state index in [0.717, 1.165) is 5.56 Å². The molecule has 2 aromatic rings. The SMILES string of the molecule is C=Cc1c(C=O)nnn1Cc1ccccc1. The monoisotopic (exact) mass is 213 g/mol. The van der Waals surface area contributed by atoms with Crippen LogP contribution in [0.4, 0.5) is 0 Å². The van der Waals surface area contributed by atoms with E-state index in [-0.39, 0.29) is 0 Å². The first-order valence-electron chi connectivity index (χ1n) is 4.90. The van der Waals surface area contributed by atoms with Gasteiger partial charge in [-0.15, -0.1) is 5.10 Å². The van der Waals surface area contributed by atoms with E-state index in [0.29, 0.717) is 24.2 Å². The summed E-state index contributed by atoms with van der Waals surface area (Å²) in [6.07, 6.45) is 2.28. The first kappa shape index (κ1) is 10.3. The van der Waals surface area contributed by atoms with Crippen molar-refractivity contribution < 1.29 is 4.79 Å². The molecular weight excluding hydrogens is 202 g/mol. The van der Waals surface area contributed by atoms with Crippen molar-refractivity contribution in [2.24, 2.45) is 0 Å². The fourth-order valence-electron chi connectivity index (χ4n) is 1.50. The van der Waals surface area contributed by atoms with E-state index in [1.807, 2.05) is 30.3 Å². The first-order chi connectivity index (χ1) is 7.85. The highest BCUT2D eigenvalue weighted by Crippen LogP contribution is 2.08. The molecule has 1 aromatic carbocycles. The van der Waals surface area contributed by atoms with Crippen LogP contribution in [0, 0.1) is 0 Å². The van der Waals surface area contributed by atoms with Crippen LogP contribution in [0.2, 0.25) is 0 Å². The largest absolute Gasteiger partial charge is 0.296 e. The molecule has 4 nitrogen and oxygen atoms in total. The number of rotatable bonds is 4. The van der Waals surface area contributed by atoms with E-state index in [1.54, 1.807) is 10.8 Å². The molecule has 0 unspecified atom stereocenters. The van der Waals surface area contributed by atoms with Gasteiger partial charge in [-0.1, -0.05) is 42.1 Å². The Morgan fingerprint density at radius 2 is 2.06 bits per heavy atom. The number of aromatic nitrogens is 3. The molecule has 0 N–H and O–H groups in total. The summed E-state index contributed by atoms with van der Waals surface area (Å²) in [5.74, 6) is 0. The Hall–Kier alpha value is -2.23. The fraction of sp³-hybridized carbons (Fsp3) is 0.0833. The van der Waals surface area contributed by atoms with Gasteiger partial charge in [0.2, 0.25) is 0 Å². The molecular formula is C12H11N3O. The van der Waals surface area contributed by atoms with E-state index in [1.165, 1.54) is 0 Å². The number of carbonyl (C=O) groups is 1. The van der Waals surface area contributed by atoms with Gasteiger partial charge < -0.3 is 0 Å². The van der Waals surface area contributed by atoms with Crippen molar-refractivity contribution >= 4 is 12.4 Å². The van der Waals surface area contributed by atoms with Crippen molar-refractivity contribution in [2.75, 3.05) is 0 Å². The molecule has 1 heterocycles. The van der Waals surface area contributed by atoms with Crippen molar-refractivity contribution in [2.45, 2.75) is 6.54 Å². The predicted molar refractivity (Wildman–Crippen MR) is 61.0 cm³/mol. The molecule has 1 aromatic heterocycles.